The molecule has 0 aromatic carbocycles. The van der Waals surface area contributed by atoms with Crippen LogP contribution in [0.15, 0.2) is 35.2 Å². The van der Waals surface area contributed by atoms with Crippen molar-refractivity contribution in [2.24, 2.45) is 22.7 Å². The molecular formula is C20H30O3. The molecule has 23 heavy (non-hydrogen) atoms. The van der Waals surface area contributed by atoms with E-state index in [1.165, 1.54) is 11.1 Å². The van der Waals surface area contributed by atoms with E-state index < -0.39 is 6.10 Å². The summed E-state index contributed by atoms with van der Waals surface area (Å²) in [7, 11) is 0. The molecule has 5 atom stereocenters. The molecule has 1 aromatic heterocycles. The summed E-state index contributed by atoms with van der Waals surface area (Å²) in [6, 6.07) is 2.04. The topological polar surface area (TPSA) is 53.6 Å². The van der Waals surface area contributed by atoms with E-state index in [-0.39, 0.29) is 17.4 Å². The first kappa shape index (κ1) is 16.8. The molecule has 0 aliphatic heterocycles. The molecule has 2 aliphatic carbocycles. The fourth-order valence-electron chi connectivity index (χ4n) is 5.48. The molecule has 0 bridgehead atoms. The number of allylic oxidation sites excluding steroid dienone is 1. The average Bonchev–Trinajstić information content (AvgIpc) is 3.04. The van der Waals surface area contributed by atoms with E-state index in [4.69, 9.17) is 4.42 Å². The predicted octanol–water partition coefficient (Wildman–Crippen LogP) is 3.95. The van der Waals surface area contributed by atoms with E-state index in [0.717, 1.165) is 38.5 Å². The van der Waals surface area contributed by atoms with Gasteiger partial charge in [-0.1, -0.05) is 26.0 Å². The third kappa shape index (κ3) is 2.68. The third-order valence-electron chi connectivity index (χ3n) is 7.00. The molecule has 0 spiro atoms. The van der Waals surface area contributed by atoms with Gasteiger partial charge in [-0.25, -0.2) is 0 Å². The Labute approximate surface area is 139 Å². The van der Waals surface area contributed by atoms with Gasteiger partial charge in [0.1, 0.15) is 0 Å². The second-order valence-corrected chi connectivity index (χ2v) is 8.20. The molecule has 0 radical (unpaired) electrons. The fourth-order valence-corrected chi connectivity index (χ4v) is 5.48. The number of hydrogen-bond acceptors (Lipinski definition) is 3. The minimum atomic E-state index is -0.397. The third-order valence-corrected chi connectivity index (χ3v) is 7.00. The number of aryl methyl sites for hydroxylation is 1. The van der Waals surface area contributed by atoms with E-state index in [1.807, 2.05) is 12.3 Å². The molecule has 2 fully saturated rings. The Bertz CT molecular complexity index is 549. The van der Waals surface area contributed by atoms with Crippen LogP contribution in [0.5, 0.6) is 0 Å². The summed E-state index contributed by atoms with van der Waals surface area (Å²) in [6.45, 7) is 8.87. The Morgan fingerprint density at radius 2 is 2.13 bits per heavy atom. The van der Waals surface area contributed by atoms with Crippen molar-refractivity contribution < 1.29 is 14.6 Å². The molecule has 3 nitrogen and oxygen atoms in total. The smallest absolute Gasteiger partial charge is 0.0934 e. The van der Waals surface area contributed by atoms with Crippen LogP contribution in [-0.4, -0.2) is 22.9 Å². The average molecular weight is 318 g/mol. The lowest BCUT2D eigenvalue weighted by atomic mass is 9.46. The number of aliphatic hydroxyl groups is 2. The van der Waals surface area contributed by atoms with E-state index in [2.05, 4.69) is 20.4 Å². The van der Waals surface area contributed by atoms with Crippen LogP contribution in [0.1, 0.15) is 51.5 Å². The van der Waals surface area contributed by atoms with Crippen LogP contribution < -0.4 is 0 Å². The van der Waals surface area contributed by atoms with Crippen LogP contribution in [0.25, 0.3) is 0 Å². The Morgan fingerprint density at radius 1 is 1.35 bits per heavy atom. The van der Waals surface area contributed by atoms with E-state index in [0.29, 0.717) is 11.8 Å². The number of furan rings is 1. The molecule has 3 heteroatoms. The Hall–Kier alpha value is -1.06. The molecule has 2 N–H and O–H groups in total. The van der Waals surface area contributed by atoms with Gasteiger partial charge in [0.25, 0.3) is 0 Å². The van der Waals surface area contributed by atoms with Gasteiger partial charge in [-0.15, -0.1) is 0 Å². The van der Waals surface area contributed by atoms with Crippen LogP contribution in [0, 0.1) is 22.7 Å². The van der Waals surface area contributed by atoms with Crippen molar-refractivity contribution in [1.82, 2.24) is 0 Å². The number of fused-ring (bicyclic) bond motifs is 1. The summed E-state index contributed by atoms with van der Waals surface area (Å²) in [5, 5.41) is 20.5. The Morgan fingerprint density at radius 3 is 2.78 bits per heavy atom. The molecule has 2 aliphatic rings. The Kier molecular flexibility index (Phi) is 4.45. The summed E-state index contributed by atoms with van der Waals surface area (Å²) in [5.74, 6) is 0.804. The summed E-state index contributed by atoms with van der Waals surface area (Å²) >= 11 is 0. The summed E-state index contributed by atoms with van der Waals surface area (Å²) in [4.78, 5) is 0. The molecular weight excluding hydrogens is 288 g/mol. The standard InChI is InChI=1S/C20H30O3/c1-14-4-7-17-19(2,10-8-18(22)20(17,3)13-21)16(14)6-5-15-9-11-23-12-15/h9,11-12,16-18,21-22H,1,4-8,10,13H2,2-3H3/t16-,17+,18-,19+,20-/m1/s1. The van der Waals surface area contributed by atoms with Crippen molar-refractivity contribution in [3.63, 3.8) is 0 Å². The maximum Gasteiger partial charge on any atom is 0.0934 e. The van der Waals surface area contributed by atoms with Crippen LogP contribution in [0.3, 0.4) is 0 Å². The second kappa shape index (κ2) is 6.10. The largest absolute Gasteiger partial charge is 0.472 e. The van der Waals surface area contributed by atoms with Gasteiger partial charge in [-0.05, 0) is 67.4 Å². The highest BCUT2D eigenvalue weighted by molar-refractivity contribution is 5.18. The van der Waals surface area contributed by atoms with Gasteiger partial charge < -0.3 is 14.6 Å². The quantitative estimate of drug-likeness (QED) is 0.826. The van der Waals surface area contributed by atoms with E-state index in [1.54, 1.807) is 6.26 Å². The van der Waals surface area contributed by atoms with Gasteiger partial charge in [0.05, 0.1) is 25.2 Å². The molecule has 1 aromatic rings. The zero-order valence-corrected chi connectivity index (χ0v) is 14.4. The van der Waals surface area contributed by atoms with Gasteiger partial charge in [-0.2, -0.15) is 0 Å². The highest BCUT2D eigenvalue weighted by atomic mass is 16.3. The first-order valence-electron chi connectivity index (χ1n) is 8.89. The van der Waals surface area contributed by atoms with Crippen LogP contribution in [-0.2, 0) is 6.42 Å². The highest BCUT2D eigenvalue weighted by Gasteiger charge is 2.57. The van der Waals surface area contributed by atoms with Crippen LogP contribution in [0.4, 0.5) is 0 Å². The summed E-state index contributed by atoms with van der Waals surface area (Å²) in [6.07, 6.45) is 9.08. The zero-order valence-electron chi connectivity index (χ0n) is 14.4. The van der Waals surface area contributed by atoms with E-state index >= 15 is 0 Å². The lowest BCUT2D eigenvalue weighted by Crippen LogP contribution is -2.57. The SMILES string of the molecule is C=C1CC[C@@H]2[C@@](C)(CO)[C@H](O)CC[C@@]2(C)[C@@H]1CCc1ccoc1. The van der Waals surface area contributed by atoms with Crippen molar-refractivity contribution in [1.29, 1.82) is 0 Å². The molecule has 0 amide bonds. The van der Waals surface area contributed by atoms with Gasteiger partial charge >= 0.3 is 0 Å². The van der Waals surface area contributed by atoms with Crippen molar-refractivity contribution in [2.45, 2.75) is 58.5 Å². The molecule has 2 saturated carbocycles. The monoisotopic (exact) mass is 318 g/mol. The second-order valence-electron chi connectivity index (χ2n) is 8.20. The van der Waals surface area contributed by atoms with Crippen molar-refractivity contribution in [3.8, 4) is 0 Å². The first-order valence-corrected chi connectivity index (χ1v) is 8.89. The maximum absolute atomic E-state index is 10.5. The molecule has 0 saturated heterocycles. The fraction of sp³-hybridized carbons (Fsp3) is 0.700. The lowest BCUT2D eigenvalue weighted by molar-refractivity contribution is -0.152. The minimum Gasteiger partial charge on any atom is -0.472 e. The lowest BCUT2D eigenvalue weighted by Gasteiger charge is -2.60. The number of rotatable bonds is 4. The highest BCUT2D eigenvalue weighted by Crippen LogP contribution is 2.61. The number of aliphatic hydroxyl groups excluding tert-OH is 2. The van der Waals surface area contributed by atoms with Crippen molar-refractivity contribution in [2.75, 3.05) is 6.61 Å². The zero-order chi connectivity index (χ0) is 16.7. The molecule has 128 valence electrons. The summed E-state index contributed by atoms with van der Waals surface area (Å²) < 4.78 is 5.19. The summed E-state index contributed by atoms with van der Waals surface area (Å²) in [5.41, 5.74) is 2.32. The Balaban J connectivity index is 1.85. The van der Waals surface area contributed by atoms with Crippen LogP contribution in [0.2, 0.25) is 0 Å². The van der Waals surface area contributed by atoms with Gasteiger partial charge in [0.15, 0.2) is 0 Å². The minimum absolute atomic E-state index is 0.0648. The number of hydrogen-bond donors (Lipinski definition) is 2. The molecule has 1 heterocycles. The maximum atomic E-state index is 10.5. The van der Waals surface area contributed by atoms with Gasteiger partial charge in [0.2, 0.25) is 0 Å². The molecule has 3 rings (SSSR count). The van der Waals surface area contributed by atoms with Gasteiger partial charge in [0, 0.05) is 5.41 Å². The molecule has 0 unspecified atom stereocenters. The van der Waals surface area contributed by atoms with Crippen molar-refractivity contribution >= 4 is 0 Å². The normalized spacial score (nSPS) is 40.9. The first-order chi connectivity index (χ1) is 10.9. The predicted molar refractivity (Wildman–Crippen MR) is 90.9 cm³/mol. The van der Waals surface area contributed by atoms with Crippen LogP contribution >= 0.6 is 0 Å². The van der Waals surface area contributed by atoms with Gasteiger partial charge in [-0.3, -0.25) is 0 Å². The van der Waals surface area contributed by atoms with E-state index in [9.17, 15) is 10.2 Å². The van der Waals surface area contributed by atoms with Crippen molar-refractivity contribution in [3.05, 3.63) is 36.3 Å².